The van der Waals surface area contributed by atoms with Gasteiger partial charge in [-0.3, -0.25) is 4.79 Å². The molecule has 2 aromatic heterocycles. The predicted octanol–water partition coefficient (Wildman–Crippen LogP) is 3.49. The Hall–Kier alpha value is -1.91. The minimum absolute atomic E-state index is 0.0377. The van der Waals surface area contributed by atoms with Crippen LogP contribution in [0.4, 0.5) is 8.78 Å². The SMILES string of the molecule is O=C(NCC1CCCCC1(F)F)c1ccn2ccccc12. The fourth-order valence-corrected chi connectivity index (χ4v) is 2.98. The number of pyridine rings is 1. The van der Waals surface area contributed by atoms with E-state index in [1.54, 1.807) is 12.3 Å². The maximum absolute atomic E-state index is 13.8. The van der Waals surface area contributed by atoms with Gasteiger partial charge in [0.15, 0.2) is 0 Å². The summed E-state index contributed by atoms with van der Waals surface area (Å²) >= 11 is 0. The highest BCUT2D eigenvalue weighted by Gasteiger charge is 2.41. The molecule has 3 rings (SSSR count). The van der Waals surface area contributed by atoms with Crippen LogP contribution in [0.1, 0.15) is 36.0 Å². The number of nitrogens with zero attached hydrogens (tertiary/aromatic N) is 1. The van der Waals surface area contributed by atoms with Gasteiger partial charge in [0.25, 0.3) is 11.8 Å². The lowest BCUT2D eigenvalue weighted by molar-refractivity contribution is -0.0835. The van der Waals surface area contributed by atoms with Crippen molar-refractivity contribution >= 4 is 11.4 Å². The third-order valence-corrected chi connectivity index (χ3v) is 4.23. The first kappa shape index (κ1) is 14.0. The fourth-order valence-electron chi connectivity index (χ4n) is 2.98. The van der Waals surface area contributed by atoms with Crippen molar-refractivity contribution in [3.05, 3.63) is 42.2 Å². The third-order valence-electron chi connectivity index (χ3n) is 4.23. The van der Waals surface area contributed by atoms with E-state index in [0.29, 0.717) is 18.4 Å². The molecule has 1 aliphatic carbocycles. The van der Waals surface area contributed by atoms with Gasteiger partial charge in [-0.15, -0.1) is 0 Å². The van der Waals surface area contributed by atoms with Crippen LogP contribution in [0.2, 0.25) is 0 Å². The van der Waals surface area contributed by atoms with Gasteiger partial charge in [0.05, 0.1) is 11.1 Å². The van der Waals surface area contributed by atoms with E-state index < -0.39 is 11.8 Å². The van der Waals surface area contributed by atoms with Crippen LogP contribution in [0, 0.1) is 5.92 Å². The van der Waals surface area contributed by atoms with Crippen LogP contribution in [-0.4, -0.2) is 22.8 Å². The van der Waals surface area contributed by atoms with Crippen LogP contribution in [0.25, 0.3) is 5.52 Å². The number of alkyl halides is 2. The lowest BCUT2D eigenvalue weighted by Crippen LogP contribution is -2.40. The molecule has 1 unspecified atom stereocenters. The highest BCUT2D eigenvalue weighted by atomic mass is 19.3. The van der Waals surface area contributed by atoms with E-state index in [4.69, 9.17) is 0 Å². The monoisotopic (exact) mass is 292 g/mol. The number of hydrogen-bond acceptors (Lipinski definition) is 1. The van der Waals surface area contributed by atoms with Crippen LogP contribution in [0.3, 0.4) is 0 Å². The van der Waals surface area contributed by atoms with Crippen LogP contribution < -0.4 is 5.32 Å². The van der Waals surface area contributed by atoms with E-state index in [-0.39, 0.29) is 18.9 Å². The summed E-state index contributed by atoms with van der Waals surface area (Å²) in [5, 5.41) is 2.67. The summed E-state index contributed by atoms with van der Waals surface area (Å²) in [7, 11) is 0. The molecule has 0 saturated heterocycles. The molecule has 0 aromatic carbocycles. The number of carbonyl (C=O) groups excluding carboxylic acids is 1. The summed E-state index contributed by atoms with van der Waals surface area (Å²) in [5.41, 5.74) is 1.31. The lowest BCUT2D eigenvalue weighted by atomic mass is 9.85. The van der Waals surface area contributed by atoms with Crippen molar-refractivity contribution in [2.24, 2.45) is 5.92 Å². The van der Waals surface area contributed by atoms with Gasteiger partial charge in [0, 0.05) is 31.3 Å². The Labute approximate surface area is 122 Å². The molecule has 2 aromatic rings. The normalized spacial score (nSPS) is 21.3. The standard InChI is InChI=1S/C16H18F2N2O/c17-16(18)8-3-1-5-12(16)11-19-15(21)13-7-10-20-9-4-2-6-14(13)20/h2,4,6-7,9-10,12H,1,3,5,8,11H2,(H,19,21). The Morgan fingerprint density at radius 3 is 2.95 bits per heavy atom. The van der Waals surface area contributed by atoms with E-state index in [1.807, 2.05) is 28.8 Å². The largest absolute Gasteiger partial charge is 0.351 e. The van der Waals surface area contributed by atoms with Crippen molar-refractivity contribution in [3.8, 4) is 0 Å². The number of rotatable bonds is 3. The molecule has 1 atom stereocenters. The van der Waals surface area contributed by atoms with Gasteiger partial charge in [-0.1, -0.05) is 12.5 Å². The second-order valence-corrected chi connectivity index (χ2v) is 5.64. The third kappa shape index (κ3) is 2.77. The first-order valence-electron chi connectivity index (χ1n) is 7.30. The molecule has 21 heavy (non-hydrogen) atoms. The van der Waals surface area contributed by atoms with Crippen molar-refractivity contribution in [2.45, 2.75) is 31.6 Å². The van der Waals surface area contributed by atoms with E-state index in [0.717, 1.165) is 11.9 Å². The number of fused-ring (bicyclic) bond motifs is 1. The quantitative estimate of drug-likeness (QED) is 0.923. The molecule has 0 bridgehead atoms. The molecule has 112 valence electrons. The molecule has 2 heterocycles. The molecule has 3 nitrogen and oxygen atoms in total. The second-order valence-electron chi connectivity index (χ2n) is 5.64. The molecule has 1 N–H and O–H groups in total. The topological polar surface area (TPSA) is 33.5 Å². The minimum Gasteiger partial charge on any atom is -0.351 e. The molecule has 0 radical (unpaired) electrons. The maximum Gasteiger partial charge on any atom is 0.253 e. The number of hydrogen-bond donors (Lipinski definition) is 1. The number of carbonyl (C=O) groups is 1. The molecule has 1 saturated carbocycles. The van der Waals surface area contributed by atoms with Gasteiger partial charge < -0.3 is 9.72 Å². The summed E-state index contributed by atoms with van der Waals surface area (Å²) in [6.07, 6.45) is 5.43. The molecule has 0 aliphatic heterocycles. The van der Waals surface area contributed by atoms with E-state index in [2.05, 4.69) is 5.32 Å². The average molecular weight is 292 g/mol. The number of nitrogens with one attached hydrogen (secondary N) is 1. The highest BCUT2D eigenvalue weighted by Crippen LogP contribution is 2.37. The van der Waals surface area contributed by atoms with Crippen molar-refractivity contribution < 1.29 is 13.6 Å². The van der Waals surface area contributed by atoms with Crippen molar-refractivity contribution in [3.63, 3.8) is 0 Å². The van der Waals surface area contributed by atoms with Gasteiger partial charge >= 0.3 is 0 Å². The second kappa shape index (κ2) is 5.47. The van der Waals surface area contributed by atoms with Gasteiger partial charge in [-0.05, 0) is 31.0 Å². The molecule has 1 aliphatic rings. The highest BCUT2D eigenvalue weighted by molar-refractivity contribution is 6.01. The van der Waals surface area contributed by atoms with Crippen LogP contribution in [0.15, 0.2) is 36.7 Å². The Bertz CT molecular complexity index is 651. The first-order valence-corrected chi connectivity index (χ1v) is 7.30. The zero-order valence-electron chi connectivity index (χ0n) is 11.7. The molecule has 0 spiro atoms. The maximum atomic E-state index is 13.8. The van der Waals surface area contributed by atoms with E-state index in [9.17, 15) is 13.6 Å². The predicted molar refractivity (Wildman–Crippen MR) is 76.6 cm³/mol. The van der Waals surface area contributed by atoms with Crippen LogP contribution in [0.5, 0.6) is 0 Å². The summed E-state index contributed by atoms with van der Waals surface area (Å²) in [6.45, 7) is 0.0377. The lowest BCUT2D eigenvalue weighted by Gasteiger charge is -2.31. The first-order chi connectivity index (χ1) is 10.1. The number of aromatic nitrogens is 1. The summed E-state index contributed by atoms with van der Waals surface area (Å²) in [6, 6.07) is 7.27. The van der Waals surface area contributed by atoms with E-state index in [1.165, 1.54) is 0 Å². The summed E-state index contributed by atoms with van der Waals surface area (Å²) in [4.78, 5) is 12.2. The zero-order chi connectivity index (χ0) is 14.9. The van der Waals surface area contributed by atoms with Gasteiger partial charge in [0.1, 0.15) is 0 Å². The van der Waals surface area contributed by atoms with Crippen LogP contribution in [-0.2, 0) is 0 Å². The van der Waals surface area contributed by atoms with Gasteiger partial charge in [-0.25, -0.2) is 8.78 Å². The van der Waals surface area contributed by atoms with Crippen molar-refractivity contribution in [2.75, 3.05) is 6.54 Å². The van der Waals surface area contributed by atoms with E-state index >= 15 is 0 Å². The number of amides is 1. The summed E-state index contributed by atoms with van der Waals surface area (Å²) in [5.74, 6) is -3.69. The van der Waals surface area contributed by atoms with Crippen molar-refractivity contribution in [1.29, 1.82) is 0 Å². The molecular formula is C16H18F2N2O. The Kier molecular flexibility index (Phi) is 3.66. The number of halogens is 2. The van der Waals surface area contributed by atoms with Crippen molar-refractivity contribution in [1.82, 2.24) is 9.72 Å². The molecule has 1 amide bonds. The molecule has 5 heteroatoms. The fraction of sp³-hybridized carbons (Fsp3) is 0.438. The average Bonchev–Trinajstić information content (AvgIpc) is 2.89. The molecular weight excluding hydrogens is 274 g/mol. The minimum atomic E-state index is -2.66. The zero-order valence-corrected chi connectivity index (χ0v) is 11.7. The molecule has 1 fully saturated rings. The Morgan fingerprint density at radius 2 is 2.14 bits per heavy atom. The Balaban J connectivity index is 1.69. The Morgan fingerprint density at radius 1 is 1.29 bits per heavy atom. The van der Waals surface area contributed by atoms with Gasteiger partial charge in [0.2, 0.25) is 0 Å². The van der Waals surface area contributed by atoms with Gasteiger partial charge in [-0.2, -0.15) is 0 Å². The van der Waals surface area contributed by atoms with Crippen LogP contribution >= 0.6 is 0 Å². The summed E-state index contributed by atoms with van der Waals surface area (Å²) < 4.78 is 29.4. The smallest absolute Gasteiger partial charge is 0.253 e.